The van der Waals surface area contributed by atoms with E-state index in [-0.39, 0.29) is 18.1 Å². The summed E-state index contributed by atoms with van der Waals surface area (Å²) in [6.07, 6.45) is 0.887. The Bertz CT molecular complexity index is 405. The molecule has 2 unspecified atom stereocenters. The SMILES string of the molecule is COC(CN)CC(=O)NC(Cc1ccccc1)CN(C)C. The topological polar surface area (TPSA) is 67.6 Å². The highest BCUT2D eigenvalue weighted by molar-refractivity contribution is 5.76. The molecule has 5 heteroatoms. The first kappa shape index (κ1) is 17.6. The third-order valence-electron chi connectivity index (χ3n) is 3.28. The Kier molecular flexibility index (Phi) is 7.97. The number of hydrogen-bond acceptors (Lipinski definition) is 4. The van der Waals surface area contributed by atoms with Crippen LogP contribution in [0.25, 0.3) is 0 Å². The standard InChI is InChI=1S/C16H27N3O2/c1-19(2)12-14(9-13-7-5-4-6-8-13)18-16(20)10-15(11-17)21-3/h4-8,14-15H,9-12,17H2,1-3H3,(H,18,20). The lowest BCUT2D eigenvalue weighted by atomic mass is 10.1. The Morgan fingerprint density at radius 1 is 1.33 bits per heavy atom. The number of nitrogens with zero attached hydrogens (tertiary/aromatic N) is 1. The molecule has 0 aromatic heterocycles. The summed E-state index contributed by atoms with van der Waals surface area (Å²) in [7, 11) is 5.58. The van der Waals surface area contributed by atoms with Gasteiger partial charge in [-0.3, -0.25) is 4.79 Å². The van der Waals surface area contributed by atoms with E-state index >= 15 is 0 Å². The fraction of sp³-hybridized carbons (Fsp3) is 0.562. The fourth-order valence-electron chi connectivity index (χ4n) is 2.26. The van der Waals surface area contributed by atoms with Crippen molar-refractivity contribution in [2.75, 3.05) is 34.3 Å². The molecule has 3 N–H and O–H groups in total. The maximum absolute atomic E-state index is 12.1. The zero-order valence-corrected chi connectivity index (χ0v) is 13.2. The van der Waals surface area contributed by atoms with Gasteiger partial charge in [-0.25, -0.2) is 0 Å². The number of nitrogens with one attached hydrogen (secondary N) is 1. The summed E-state index contributed by atoms with van der Waals surface area (Å²) in [4.78, 5) is 14.2. The van der Waals surface area contributed by atoms with Crippen LogP contribution in [0.1, 0.15) is 12.0 Å². The fourth-order valence-corrected chi connectivity index (χ4v) is 2.26. The molecule has 0 radical (unpaired) electrons. The maximum Gasteiger partial charge on any atom is 0.222 e. The molecule has 118 valence electrons. The second-order valence-electron chi connectivity index (χ2n) is 5.51. The van der Waals surface area contributed by atoms with E-state index in [2.05, 4.69) is 22.3 Å². The van der Waals surface area contributed by atoms with Crippen molar-refractivity contribution in [2.24, 2.45) is 5.73 Å². The van der Waals surface area contributed by atoms with E-state index in [0.717, 1.165) is 13.0 Å². The smallest absolute Gasteiger partial charge is 0.222 e. The average Bonchev–Trinajstić information content (AvgIpc) is 2.45. The molecule has 0 bridgehead atoms. The molecule has 1 aromatic rings. The number of likely N-dealkylation sites (N-methyl/N-ethyl adjacent to an activating group) is 1. The Hall–Kier alpha value is -1.43. The van der Waals surface area contributed by atoms with E-state index in [1.165, 1.54) is 5.56 Å². The van der Waals surface area contributed by atoms with Crippen LogP contribution >= 0.6 is 0 Å². The van der Waals surface area contributed by atoms with Crippen molar-refractivity contribution in [1.82, 2.24) is 10.2 Å². The monoisotopic (exact) mass is 293 g/mol. The lowest BCUT2D eigenvalue weighted by Gasteiger charge is -2.23. The van der Waals surface area contributed by atoms with Gasteiger partial charge in [0.1, 0.15) is 0 Å². The Morgan fingerprint density at radius 2 is 2.00 bits per heavy atom. The zero-order valence-electron chi connectivity index (χ0n) is 13.2. The summed E-state index contributed by atoms with van der Waals surface area (Å²) in [5.41, 5.74) is 6.77. The predicted octanol–water partition coefficient (Wildman–Crippen LogP) is 0.639. The number of rotatable bonds is 9. The Labute approximate surface area is 127 Å². The molecule has 0 saturated carbocycles. The molecule has 1 amide bonds. The third kappa shape index (κ3) is 7.22. The molecule has 2 atom stereocenters. The molecule has 0 heterocycles. The molecule has 5 nitrogen and oxygen atoms in total. The van der Waals surface area contributed by atoms with Crippen LogP contribution in [0, 0.1) is 0 Å². The average molecular weight is 293 g/mol. The summed E-state index contributed by atoms with van der Waals surface area (Å²) in [6.45, 7) is 1.14. The second-order valence-corrected chi connectivity index (χ2v) is 5.51. The Morgan fingerprint density at radius 3 is 2.52 bits per heavy atom. The Balaban J connectivity index is 2.59. The number of methoxy groups -OCH3 is 1. The van der Waals surface area contributed by atoms with Gasteiger partial charge in [-0.1, -0.05) is 30.3 Å². The van der Waals surface area contributed by atoms with Gasteiger partial charge in [-0.15, -0.1) is 0 Å². The number of carbonyl (C=O) groups is 1. The van der Waals surface area contributed by atoms with Gasteiger partial charge in [0.05, 0.1) is 12.5 Å². The highest BCUT2D eigenvalue weighted by atomic mass is 16.5. The summed E-state index contributed by atoms with van der Waals surface area (Å²) in [6, 6.07) is 10.2. The van der Waals surface area contributed by atoms with Gasteiger partial charge in [0, 0.05) is 26.2 Å². The summed E-state index contributed by atoms with van der Waals surface area (Å²) < 4.78 is 5.15. The number of amides is 1. The van der Waals surface area contributed by atoms with Crippen molar-refractivity contribution in [3.63, 3.8) is 0 Å². The lowest BCUT2D eigenvalue weighted by molar-refractivity contribution is -0.124. The van der Waals surface area contributed by atoms with E-state index < -0.39 is 0 Å². The highest BCUT2D eigenvalue weighted by Crippen LogP contribution is 2.05. The number of benzene rings is 1. The van der Waals surface area contributed by atoms with Crippen molar-refractivity contribution in [3.05, 3.63) is 35.9 Å². The molecule has 21 heavy (non-hydrogen) atoms. The first-order valence-corrected chi connectivity index (χ1v) is 7.26. The van der Waals surface area contributed by atoms with Crippen LogP contribution in [-0.4, -0.2) is 57.2 Å². The molecular weight excluding hydrogens is 266 g/mol. The first-order chi connectivity index (χ1) is 10.0. The molecule has 0 aliphatic carbocycles. The van der Waals surface area contributed by atoms with Crippen LogP contribution in [0.3, 0.4) is 0 Å². The number of ether oxygens (including phenoxy) is 1. The van der Waals surface area contributed by atoms with Crippen molar-refractivity contribution in [1.29, 1.82) is 0 Å². The molecule has 0 saturated heterocycles. The van der Waals surface area contributed by atoms with Gasteiger partial charge in [0.2, 0.25) is 5.91 Å². The summed E-state index contributed by atoms with van der Waals surface area (Å²) >= 11 is 0. The van der Waals surface area contributed by atoms with E-state index in [4.69, 9.17) is 10.5 Å². The van der Waals surface area contributed by atoms with Crippen LogP contribution in [0.5, 0.6) is 0 Å². The molecule has 0 aliphatic rings. The number of nitrogens with two attached hydrogens (primary N) is 1. The molecule has 1 rings (SSSR count). The van der Waals surface area contributed by atoms with Crippen LogP contribution < -0.4 is 11.1 Å². The molecule has 1 aromatic carbocycles. The van der Waals surface area contributed by atoms with Crippen LogP contribution in [-0.2, 0) is 16.0 Å². The van der Waals surface area contributed by atoms with E-state index in [0.29, 0.717) is 13.0 Å². The first-order valence-electron chi connectivity index (χ1n) is 7.26. The number of carbonyl (C=O) groups excluding carboxylic acids is 1. The van der Waals surface area contributed by atoms with E-state index in [1.807, 2.05) is 32.3 Å². The van der Waals surface area contributed by atoms with Gasteiger partial charge in [0.25, 0.3) is 0 Å². The van der Waals surface area contributed by atoms with Gasteiger partial charge >= 0.3 is 0 Å². The van der Waals surface area contributed by atoms with Gasteiger partial charge < -0.3 is 20.7 Å². The van der Waals surface area contributed by atoms with Crippen LogP contribution in [0.15, 0.2) is 30.3 Å². The quantitative estimate of drug-likeness (QED) is 0.701. The number of hydrogen-bond donors (Lipinski definition) is 2. The van der Waals surface area contributed by atoms with Gasteiger partial charge in [0.15, 0.2) is 0 Å². The minimum absolute atomic E-state index is 0.0184. The van der Waals surface area contributed by atoms with Gasteiger partial charge in [-0.2, -0.15) is 0 Å². The van der Waals surface area contributed by atoms with Crippen LogP contribution in [0.2, 0.25) is 0 Å². The highest BCUT2D eigenvalue weighted by Gasteiger charge is 2.17. The normalized spacial score (nSPS) is 14.0. The lowest BCUT2D eigenvalue weighted by Crippen LogP contribution is -2.44. The minimum atomic E-state index is -0.221. The largest absolute Gasteiger partial charge is 0.380 e. The molecule has 0 spiro atoms. The van der Waals surface area contributed by atoms with Gasteiger partial charge in [-0.05, 0) is 26.1 Å². The molecular formula is C16H27N3O2. The van der Waals surface area contributed by atoms with Crippen molar-refractivity contribution in [2.45, 2.75) is 25.0 Å². The van der Waals surface area contributed by atoms with E-state index in [1.54, 1.807) is 7.11 Å². The van der Waals surface area contributed by atoms with E-state index in [9.17, 15) is 4.79 Å². The molecule has 0 aliphatic heterocycles. The summed E-state index contributed by atoms with van der Waals surface area (Å²) in [5.74, 6) is -0.0184. The zero-order chi connectivity index (χ0) is 15.7. The molecule has 0 fully saturated rings. The summed E-state index contributed by atoms with van der Waals surface area (Å²) in [5, 5.41) is 3.08. The van der Waals surface area contributed by atoms with Crippen molar-refractivity contribution < 1.29 is 9.53 Å². The maximum atomic E-state index is 12.1. The second kappa shape index (κ2) is 9.50. The van der Waals surface area contributed by atoms with Crippen LogP contribution in [0.4, 0.5) is 0 Å². The van der Waals surface area contributed by atoms with Crippen molar-refractivity contribution in [3.8, 4) is 0 Å². The minimum Gasteiger partial charge on any atom is -0.380 e. The third-order valence-corrected chi connectivity index (χ3v) is 3.28. The van der Waals surface area contributed by atoms with Crippen molar-refractivity contribution >= 4 is 5.91 Å². The predicted molar refractivity (Wildman–Crippen MR) is 85.1 cm³/mol.